The fourth-order valence-corrected chi connectivity index (χ4v) is 0.226. The van der Waals surface area contributed by atoms with Crippen LogP contribution in [0.2, 0.25) is 0 Å². The molecule has 0 saturated carbocycles. The molecule has 10 heavy (non-hydrogen) atoms. The highest BCUT2D eigenvalue weighted by Crippen LogP contribution is 1.64. The fourth-order valence-electron chi connectivity index (χ4n) is 0.226. The van der Waals surface area contributed by atoms with E-state index < -0.39 is 11.9 Å². The molecular formula is C4H7N3O3. The lowest BCUT2D eigenvalue weighted by molar-refractivity contribution is -0.149. The van der Waals surface area contributed by atoms with Crippen LogP contribution in [0.15, 0.2) is 4.99 Å². The van der Waals surface area contributed by atoms with E-state index in [-0.39, 0.29) is 5.96 Å². The lowest BCUT2D eigenvalue weighted by Crippen LogP contribution is -2.40. The molecule has 6 heteroatoms. The summed E-state index contributed by atoms with van der Waals surface area (Å²) in [5.41, 5.74) is 4.97. The van der Waals surface area contributed by atoms with Crippen LogP contribution < -0.4 is 11.1 Å². The van der Waals surface area contributed by atoms with Crippen LogP contribution in [-0.2, 0) is 9.59 Å². The van der Waals surface area contributed by atoms with Crippen molar-refractivity contribution in [2.24, 2.45) is 10.7 Å². The van der Waals surface area contributed by atoms with Crippen LogP contribution in [0.1, 0.15) is 0 Å². The number of hydrogen-bond donors (Lipinski definition) is 3. The summed E-state index contributed by atoms with van der Waals surface area (Å²) >= 11 is 0. The molecule has 4 N–H and O–H groups in total. The first-order valence-electron chi connectivity index (χ1n) is 2.34. The normalized spacial score (nSPS) is 10.7. The number of nitrogens with zero attached hydrogens (tertiary/aromatic N) is 1. The third-order valence-corrected chi connectivity index (χ3v) is 0.677. The lowest BCUT2D eigenvalue weighted by atomic mass is 10.6. The quantitative estimate of drug-likeness (QED) is 0.211. The van der Waals surface area contributed by atoms with Crippen molar-refractivity contribution in [3.8, 4) is 0 Å². The van der Waals surface area contributed by atoms with Gasteiger partial charge in [-0.25, -0.2) is 4.79 Å². The maximum atomic E-state index is 10.2. The fraction of sp³-hybridized carbons (Fsp3) is 0.250. The van der Waals surface area contributed by atoms with Gasteiger partial charge in [-0.3, -0.25) is 15.1 Å². The molecule has 0 aliphatic carbocycles. The molecule has 0 aromatic rings. The zero-order chi connectivity index (χ0) is 8.15. The van der Waals surface area contributed by atoms with Gasteiger partial charge in [0.15, 0.2) is 5.96 Å². The largest absolute Gasteiger partial charge is 0.474 e. The van der Waals surface area contributed by atoms with Crippen molar-refractivity contribution in [2.45, 2.75) is 0 Å². The highest BCUT2D eigenvalue weighted by molar-refractivity contribution is 6.34. The predicted octanol–water partition coefficient (Wildman–Crippen LogP) is -1.87. The minimum absolute atomic E-state index is 0.215. The summed E-state index contributed by atoms with van der Waals surface area (Å²) in [7, 11) is 1.33. The molecule has 0 unspecified atom stereocenters. The number of nitrogens with one attached hydrogen (secondary N) is 1. The summed E-state index contributed by atoms with van der Waals surface area (Å²) in [4.78, 5) is 23.4. The average Bonchev–Trinajstić information content (AvgIpc) is 1.87. The molecule has 0 aromatic carbocycles. The number of carbonyl (C=O) groups excluding carboxylic acids is 1. The van der Waals surface area contributed by atoms with Gasteiger partial charge in [0.25, 0.3) is 0 Å². The van der Waals surface area contributed by atoms with E-state index in [9.17, 15) is 9.59 Å². The van der Waals surface area contributed by atoms with Crippen LogP contribution in [-0.4, -0.2) is 30.0 Å². The topological polar surface area (TPSA) is 105 Å². The van der Waals surface area contributed by atoms with Gasteiger partial charge in [-0.2, -0.15) is 0 Å². The van der Waals surface area contributed by atoms with Gasteiger partial charge >= 0.3 is 11.9 Å². The Morgan fingerprint density at radius 3 is 2.40 bits per heavy atom. The molecule has 0 aliphatic heterocycles. The van der Waals surface area contributed by atoms with E-state index in [0.717, 1.165) is 0 Å². The summed E-state index contributed by atoms with van der Waals surface area (Å²) in [5.74, 6) is -3.00. The number of hydrogen-bond acceptors (Lipinski definition) is 3. The van der Waals surface area contributed by atoms with Crippen LogP contribution in [0.25, 0.3) is 0 Å². The lowest BCUT2D eigenvalue weighted by Gasteiger charge is -1.96. The van der Waals surface area contributed by atoms with Gasteiger partial charge in [-0.1, -0.05) is 0 Å². The minimum atomic E-state index is -1.59. The van der Waals surface area contributed by atoms with Crippen molar-refractivity contribution in [1.29, 1.82) is 0 Å². The third-order valence-electron chi connectivity index (χ3n) is 0.677. The van der Waals surface area contributed by atoms with Crippen molar-refractivity contribution >= 4 is 17.8 Å². The number of nitrogens with two attached hydrogens (primary N) is 1. The van der Waals surface area contributed by atoms with E-state index in [2.05, 4.69) is 4.99 Å². The Morgan fingerprint density at radius 1 is 1.60 bits per heavy atom. The van der Waals surface area contributed by atoms with Crippen LogP contribution in [0, 0.1) is 0 Å². The monoisotopic (exact) mass is 145 g/mol. The molecule has 56 valence electrons. The summed E-state index contributed by atoms with van der Waals surface area (Å²) in [6.07, 6.45) is 0. The van der Waals surface area contributed by atoms with Gasteiger partial charge in [-0.05, 0) is 0 Å². The molecular weight excluding hydrogens is 138 g/mol. The summed E-state index contributed by atoms with van der Waals surface area (Å²) in [6, 6.07) is 0. The van der Waals surface area contributed by atoms with E-state index in [1.165, 1.54) is 7.05 Å². The highest BCUT2D eigenvalue weighted by Gasteiger charge is 2.10. The molecule has 6 nitrogen and oxygen atoms in total. The first-order valence-corrected chi connectivity index (χ1v) is 2.34. The van der Waals surface area contributed by atoms with E-state index in [4.69, 9.17) is 10.8 Å². The molecule has 0 saturated heterocycles. The third kappa shape index (κ3) is 2.65. The Hall–Kier alpha value is -1.59. The maximum Gasteiger partial charge on any atom is 0.394 e. The van der Waals surface area contributed by atoms with Gasteiger partial charge in [0.2, 0.25) is 0 Å². The second kappa shape index (κ2) is 3.44. The van der Waals surface area contributed by atoms with Crippen molar-refractivity contribution in [3.63, 3.8) is 0 Å². The second-order valence-corrected chi connectivity index (χ2v) is 1.37. The van der Waals surface area contributed by atoms with Crippen molar-refractivity contribution in [3.05, 3.63) is 0 Å². The highest BCUT2D eigenvalue weighted by atomic mass is 16.4. The van der Waals surface area contributed by atoms with Gasteiger partial charge in [-0.15, -0.1) is 0 Å². The number of carboxylic acids is 1. The Balaban J connectivity index is 3.93. The molecule has 0 radical (unpaired) electrons. The van der Waals surface area contributed by atoms with E-state index in [1.54, 1.807) is 0 Å². The number of carbonyl (C=O) groups is 2. The average molecular weight is 145 g/mol. The Labute approximate surface area is 56.7 Å². The van der Waals surface area contributed by atoms with E-state index in [1.807, 2.05) is 5.32 Å². The zero-order valence-corrected chi connectivity index (χ0v) is 5.29. The molecule has 0 aliphatic rings. The van der Waals surface area contributed by atoms with Crippen molar-refractivity contribution < 1.29 is 14.7 Å². The number of amides is 1. The van der Waals surface area contributed by atoms with Crippen molar-refractivity contribution in [2.75, 3.05) is 7.05 Å². The van der Waals surface area contributed by atoms with Gasteiger partial charge < -0.3 is 10.8 Å². The number of rotatable bonds is 0. The molecule has 0 rings (SSSR count). The molecule has 0 atom stereocenters. The predicted molar refractivity (Wildman–Crippen MR) is 33.3 cm³/mol. The first-order chi connectivity index (χ1) is 4.57. The number of aliphatic imine (C=N–C) groups is 1. The molecule has 0 aromatic heterocycles. The van der Waals surface area contributed by atoms with Crippen LogP contribution in [0.4, 0.5) is 0 Å². The smallest absolute Gasteiger partial charge is 0.394 e. The summed E-state index contributed by atoms with van der Waals surface area (Å²) < 4.78 is 0. The minimum Gasteiger partial charge on any atom is -0.474 e. The SMILES string of the molecule is CN=C(N)NC(=O)C(=O)O. The first kappa shape index (κ1) is 8.41. The number of carboxylic acid groups (broad SMARTS) is 1. The molecule has 0 spiro atoms. The van der Waals surface area contributed by atoms with Gasteiger partial charge in [0, 0.05) is 7.05 Å². The van der Waals surface area contributed by atoms with Crippen LogP contribution in [0.3, 0.4) is 0 Å². The second-order valence-electron chi connectivity index (χ2n) is 1.37. The zero-order valence-electron chi connectivity index (χ0n) is 5.29. The van der Waals surface area contributed by atoms with E-state index >= 15 is 0 Å². The van der Waals surface area contributed by atoms with Crippen LogP contribution >= 0.6 is 0 Å². The molecule has 0 heterocycles. The Bertz CT molecular complexity index is 186. The molecule has 1 amide bonds. The molecule has 0 bridgehead atoms. The van der Waals surface area contributed by atoms with E-state index in [0.29, 0.717) is 0 Å². The Morgan fingerprint density at radius 2 is 2.10 bits per heavy atom. The maximum absolute atomic E-state index is 10.2. The van der Waals surface area contributed by atoms with Gasteiger partial charge in [0.1, 0.15) is 0 Å². The Kier molecular flexibility index (Phi) is 2.89. The van der Waals surface area contributed by atoms with Gasteiger partial charge in [0.05, 0.1) is 0 Å². The van der Waals surface area contributed by atoms with Crippen molar-refractivity contribution in [1.82, 2.24) is 5.32 Å². The standard InChI is InChI=1S/C4H7N3O3/c1-6-4(5)7-2(8)3(9)10/h1H3,(H,9,10)(H3,5,6,7,8). The summed E-state index contributed by atoms with van der Waals surface area (Å²) in [5, 5.41) is 9.82. The summed E-state index contributed by atoms with van der Waals surface area (Å²) in [6.45, 7) is 0. The van der Waals surface area contributed by atoms with Crippen LogP contribution in [0.5, 0.6) is 0 Å². The number of guanidine groups is 1. The number of aliphatic carboxylic acids is 1. The molecule has 0 fully saturated rings.